The van der Waals surface area contributed by atoms with Crippen LogP contribution in [0.15, 0.2) is 18.2 Å². The van der Waals surface area contributed by atoms with Gasteiger partial charge in [0.05, 0.1) is 11.3 Å². The Balaban J connectivity index is 2.13. The van der Waals surface area contributed by atoms with Crippen LogP contribution in [0.3, 0.4) is 0 Å². The Labute approximate surface area is 163 Å². The number of fused-ring (bicyclic) bond motifs is 1. The molecule has 1 aliphatic rings. The van der Waals surface area contributed by atoms with Crippen LogP contribution in [0.25, 0.3) is 11.1 Å². The van der Waals surface area contributed by atoms with E-state index in [4.69, 9.17) is 9.47 Å². The molecule has 0 saturated heterocycles. The van der Waals surface area contributed by atoms with Crippen LogP contribution in [0.4, 0.5) is 5.69 Å². The highest BCUT2D eigenvalue weighted by atomic mass is 32.1. The van der Waals surface area contributed by atoms with Crippen molar-refractivity contribution in [2.24, 2.45) is 0 Å². The second kappa shape index (κ2) is 7.09. The zero-order valence-electron chi connectivity index (χ0n) is 16.6. The van der Waals surface area contributed by atoms with E-state index in [0.29, 0.717) is 11.4 Å². The summed E-state index contributed by atoms with van der Waals surface area (Å²) in [5, 5.41) is 2.85. The van der Waals surface area contributed by atoms with Gasteiger partial charge >= 0.3 is 0 Å². The van der Waals surface area contributed by atoms with Gasteiger partial charge in [-0.3, -0.25) is 9.59 Å². The lowest BCUT2D eigenvalue weighted by molar-refractivity contribution is -0.138. The van der Waals surface area contributed by atoms with E-state index in [0.717, 1.165) is 26.4 Å². The molecule has 0 saturated carbocycles. The molecule has 1 aliphatic heterocycles. The minimum atomic E-state index is -0.633. The van der Waals surface area contributed by atoms with Crippen LogP contribution >= 0.6 is 11.3 Å². The van der Waals surface area contributed by atoms with Gasteiger partial charge < -0.3 is 14.8 Å². The van der Waals surface area contributed by atoms with Crippen LogP contribution < -0.4 is 10.1 Å². The third-order valence-corrected chi connectivity index (χ3v) is 5.35. The molecule has 5 nitrogen and oxygen atoms in total. The summed E-state index contributed by atoms with van der Waals surface area (Å²) in [4.78, 5) is 26.3. The van der Waals surface area contributed by atoms with Crippen molar-refractivity contribution in [2.75, 3.05) is 11.9 Å². The van der Waals surface area contributed by atoms with Crippen LogP contribution in [0.5, 0.6) is 5.75 Å². The van der Waals surface area contributed by atoms with Gasteiger partial charge in [0.2, 0.25) is 0 Å². The first-order chi connectivity index (χ1) is 12.6. The van der Waals surface area contributed by atoms with E-state index in [-0.39, 0.29) is 18.3 Å². The molecule has 2 heterocycles. The summed E-state index contributed by atoms with van der Waals surface area (Å²) >= 11 is 1.65. The van der Waals surface area contributed by atoms with Gasteiger partial charge in [-0.1, -0.05) is 6.07 Å². The summed E-state index contributed by atoms with van der Waals surface area (Å²) in [6.45, 7) is 11.5. The van der Waals surface area contributed by atoms with E-state index in [1.54, 1.807) is 18.3 Å². The number of carbonyl (C=O) groups is 2. The fraction of sp³-hybridized carbons (Fsp3) is 0.429. The lowest BCUT2D eigenvalue weighted by Gasteiger charge is -2.27. The third kappa shape index (κ3) is 4.06. The molecule has 2 aromatic rings. The summed E-state index contributed by atoms with van der Waals surface area (Å²) in [6, 6.07) is 5.72. The number of amides is 1. The lowest BCUT2D eigenvalue weighted by atomic mass is 9.94. The van der Waals surface area contributed by atoms with Crippen molar-refractivity contribution in [2.45, 2.75) is 53.2 Å². The summed E-state index contributed by atoms with van der Waals surface area (Å²) in [6.07, 6.45) is -0.633. The first-order valence-electron chi connectivity index (χ1n) is 8.92. The second-order valence-electron chi connectivity index (χ2n) is 7.77. The molecule has 144 valence electrons. The number of aryl methyl sites for hydroxylation is 2. The Morgan fingerprint density at radius 1 is 1.26 bits per heavy atom. The van der Waals surface area contributed by atoms with Crippen molar-refractivity contribution < 1.29 is 19.1 Å². The predicted octanol–water partition coefficient (Wildman–Crippen LogP) is 4.81. The van der Waals surface area contributed by atoms with Crippen LogP contribution in [-0.4, -0.2) is 23.9 Å². The Morgan fingerprint density at radius 3 is 2.59 bits per heavy atom. The molecule has 27 heavy (non-hydrogen) atoms. The molecular formula is C21H25NO4S. The Morgan fingerprint density at radius 2 is 1.96 bits per heavy atom. The van der Waals surface area contributed by atoms with Gasteiger partial charge in [0.25, 0.3) is 5.91 Å². The van der Waals surface area contributed by atoms with Crippen molar-refractivity contribution in [3.8, 4) is 16.9 Å². The molecule has 6 heteroatoms. The molecule has 0 spiro atoms. The summed E-state index contributed by atoms with van der Waals surface area (Å²) < 4.78 is 11.6. The largest absolute Gasteiger partial charge is 0.482 e. The number of thiophene rings is 1. The first kappa shape index (κ1) is 19.6. The van der Waals surface area contributed by atoms with E-state index >= 15 is 0 Å². The van der Waals surface area contributed by atoms with E-state index < -0.39 is 11.7 Å². The van der Waals surface area contributed by atoms with E-state index in [2.05, 4.69) is 5.32 Å². The molecule has 0 bridgehead atoms. The molecule has 1 amide bonds. The summed E-state index contributed by atoms with van der Waals surface area (Å²) in [5.41, 5.74) is 3.02. The smallest absolute Gasteiger partial charge is 0.262 e. The third-order valence-electron chi connectivity index (χ3n) is 4.31. The number of anilines is 1. The van der Waals surface area contributed by atoms with E-state index in [1.807, 2.05) is 52.8 Å². The van der Waals surface area contributed by atoms with Gasteiger partial charge in [0.15, 0.2) is 12.4 Å². The number of hydrogen-bond acceptors (Lipinski definition) is 5. The molecule has 0 aliphatic carbocycles. The maximum absolute atomic E-state index is 12.4. The number of ketones is 1. The lowest BCUT2D eigenvalue weighted by Crippen LogP contribution is -2.27. The number of benzene rings is 1. The quantitative estimate of drug-likeness (QED) is 0.818. The van der Waals surface area contributed by atoms with Gasteiger partial charge in [0.1, 0.15) is 11.9 Å². The monoisotopic (exact) mass is 387 g/mol. The number of Topliss-reactive ketones (excluding diaryl/α,β-unsaturated/α-hetero) is 1. The first-order valence-corrected chi connectivity index (χ1v) is 9.73. The molecule has 1 N–H and O–H groups in total. The van der Waals surface area contributed by atoms with Gasteiger partial charge in [-0.05, 0) is 59.2 Å². The Hall–Kier alpha value is -2.18. The maximum Gasteiger partial charge on any atom is 0.262 e. The fourth-order valence-corrected chi connectivity index (χ4v) is 4.42. The highest BCUT2D eigenvalue weighted by Crippen LogP contribution is 2.44. The number of hydrogen-bond donors (Lipinski definition) is 1. The molecule has 1 aromatic heterocycles. The zero-order valence-corrected chi connectivity index (χ0v) is 17.4. The zero-order chi connectivity index (χ0) is 19.9. The highest BCUT2D eigenvalue weighted by molar-refractivity contribution is 7.12. The van der Waals surface area contributed by atoms with Crippen molar-refractivity contribution >= 4 is 28.7 Å². The van der Waals surface area contributed by atoms with E-state index in [9.17, 15) is 9.59 Å². The maximum atomic E-state index is 12.4. The van der Waals surface area contributed by atoms with Gasteiger partial charge in [0, 0.05) is 20.9 Å². The van der Waals surface area contributed by atoms with Gasteiger partial charge in [-0.15, -0.1) is 11.3 Å². The molecule has 1 unspecified atom stereocenters. The van der Waals surface area contributed by atoms with Crippen molar-refractivity contribution in [1.82, 2.24) is 0 Å². The standard InChI is InChI=1S/C21H25NO4S/c1-11(23)20(26-21(4,5)6)19-13(3)27-12(2)18(19)14-7-8-16-15(9-14)22-17(24)10-25-16/h7-9,20H,10H2,1-6H3,(H,22,24). The van der Waals surface area contributed by atoms with Crippen molar-refractivity contribution in [3.05, 3.63) is 33.5 Å². The fourth-order valence-electron chi connectivity index (χ4n) is 3.31. The summed E-state index contributed by atoms with van der Waals surface area (Å²) in [5.74, 6) is 0.455. The molecule has 3 rings (SSSR count). The average Bonchev–Trinajstić information content (AvgIpc) is 2.84. The highest BCUT2D eigenvalue weighted by Gasteiger charge is 2.31. The van der Waals surface area contributed by atoms with Crippen LogP contribution in [0.1, 0.15) is 49.1 Å². The minimum Gasteiger partial charge on any atom is -0.482 e. The minimum absolute atomic E-state index is 0.0262. The van der Waals surface area contributed by atoms with Crippen molar-refractivity contribution in [1.29, 1.82) is 0 Å². The van der Waals surface area contributed by atoms with E-state index in [1.165, 1.54) is 0 Å². The Kier molecular flexibility index (Phi) is 5.14. The second-order valence-corrected chi connectivity index (χ2v) is 9.20. The number of ether oxygens (including phenoxy) is 2. The number of nitrogens with one attached hydrogen (secondary N) is 1. The predicted molar refractivity (Wildman–Crippen MR) is 108 cm³/mol. The van der Waals surface area contributed by atoms with Crippen LogP contribution in [0.2, 0.25) is 0 Å². The summed E-state index contributed by atoms with van der Waals surface area (Å²) in [7, 11) is 0. The normalized spacial score (nSPS) is 15.0. The van der Waals surface area contributed by atoms with Gasteiger partial charge in [-0.2, -0.15) is 0 Å². The van der Waals surface area contributed by atoms with Crippen molar-refractivity contribution in [3.63, 3.8) is 0 Å². The number of carbonyl (C=O) groups excluding carboxylic acids is 2. The Bertz CT molecular complexity index is 908. The molecular weight excluding hydrogens is 362 g/mol. The average molecular weight is 388 g/mol. The topological polar surface area (TPSA) is 64.6 Å². The SMILES string of the molecule is CC(=O)C(OC(C)(C)C)c1c(C)sc(C)c1-c1ccc2c(c1)NC(=O)CO2. The molecule has 1 aromatic carbocycles. The van der Waals surface area contributed by atoms with Crippen LogP contribution in [0, 0.1) is 13.8 Å². The molecule has 0 radical (unpaired) electrons. The van der Waals surface area contributed by atoms with Gasteiger partial charge in [-0.25, -0.2) is 0 Å². The van der Waals surface area contributed by atoms with Crippen LogP contribution in [-0.2, 0) is 14.3 Å². The molecule has 0 fully saturated rings. The molecule has 1 atom stereocenters. The number of rotatable bonds is 4.